The van der Waals surface area contributed by atoms with Gasteiger partial charge in [-0.05, 0) is 207 Å². The zero-order chi connectivity index (χ0) is 65.5. The van der Waals surface area contributed by atoms with Crippen molar-refractivity contribution in [2.24, 2.45) is 25.0 Å². The van der Waals surface area contributed by atoms with Crippen LogP contribution >= 0.6 is 35.3 Å². The Balaban J connectivity index is 0.000000469. The Morgan fingerprint density at radius 3 is 0.963 bits per heavy atom. The normalized spacial score (nSPS) is 26.1. The van der Waals surface area contributed by atoms with Gasteiger partial charge in [0.1, 0.15) is 28.3 Å². The summed E-state index contributed by atoms with van der Waals surface area (Å²) < 4.78 is 16.8. The van der Waals surface area contributed by atoms with E-state index in [0.717, 1.165) is 44.8 Å². The number of hydrogen-bond donors (Lipinski definition) is 0. The van der Waals surface area contributed by atoms with Crippen LogP contribution in [0.3, 0.4) is 0 Å². The van der Waals surface area contributed by atoms with Crippen molar-refractivity contribution in [2.45, 2.75) is 285 Å². The standard InChI is InChI=1S/C10H20N2.C9H17NO.C9H17NS.C8H14N2.C8H15NO.C8H15NS.C7H11NO.C7H11NS/c1-8-11(6)9(2,3)10(4,5)12(8)7;2*1-7-10(6)8(2,3)9(4,5)11-7;1-6-8(3,4)9-7(2)10(6)5;2*1-6-9-7(2,3)8(4,5)10-6;2*1-5-7(3,4)8-6(2)9-5/h1H2,2-7H3;2*1H2,2-6H3;1H2,2-5H3;2*1-5H3;2*1H2,2-4H3. The van der Waals surface area contributed by atoms with E-state index < -0.39 is 0 Å². The maximum Gasteiger partial charge on any atom is 0.187 e. The van der Waals surface area contributed by atoms with Crippen molar-refractivity contribution in [1.29, 1.82) is 0 Å². The van der Waals surface area contributed by atoms with Crippen LogP contribution in [0.4, 0.5) is 0 Å². The maximum absolute atomic E-state index is 5.61. The quantitative estimate of drug-likeness (QED) is 0.231. The molecule has 82 heavy (non-hydrogen) atoms. The lowest BCUT2D eigenvalue weighted by molar-refractivity contribution is 0.0325. The van der Waals surface area contributed by atoms with Gasteiger partial charge in [-0.2, -0.15) is 0 Å². The van der Waals surface area contributed by atoms with Gasteiger partial charge in [-0.3, -0.25) is 15.0 Å². The molecule has 0 spiro atoms. The smallest absolute Gasteiger partial charge is 0.187 e. The first kappa shape index (κ1) is 76.3. The van der Waals surface area contributed by atoms with Crippen LogP contribution in [0.2, 0.25) is 0 Å². The van der Waals surface area contributed by atoms with Gasteiger partial charge in [0.05, 0.1) is 59.7 Å². The van der Waals surface area contributed by atoms with Gasteiger partial charge >= 0.3 is 0 Å². The zero-order valence-electron chi connectivity index (χ0n) is 59.2. The molecule has 8 heterocycles. The molecule has 8 aliphatic rings. The molecule has 0 amide bonds. The summed E-state index contributed by atoms with van der Waals surface area (Å²) in [6.45, 7) is 89.3. The molecule has 0 saturated carbocycles. The molecule has 16 heteroatoms. The largest absolute Gasteiger partial charge is 0.473 e. The van der Waals surface area contributed by atoms with Crippen LogP contribution in [-0.4, -0.2) is 158 Å². The second-order valence-corrected chi connectivity index (χ2v) is 34.0. The minimum absolute atomic E-state index is 0.0191. The third-order valence-electron chi connectivity index (χ3n) is 19.5. The van der Waals surface area contributed by atoms with E-state index in [2.05, 4.69) is 278 Å². The van der Waals surface area contributed by atoms with E-state index in [1.54, 1.807) is 11.8 Å². The van der Waals surface area contributed by atoms with Crippen LogP contribution in [0, 0.1) is 0 Å². The Kier molecular flexibility index (Phi) is 23.5. The number of likely N-dealkylation sites (N-methyl/N-ethyl adjacent to an activating group) is 4. The van der Waals surface area contributed by atoms with Gasteiger partial charge < -0.3 is 38.7 Å². The van der Waals surface area contributed by atoms with Crippen LogP contribution in [0.5, 0.6) is 0 Å². The topological polar surface area (TPSA) is 106 Å². The van der Waals surface area contributed by atoms with Crippen LogP contribution in [-0.2, 0) is 14.2 Å². The zero-order valence-corrected chi connectivity index (χ0v) is 61.6. The summed E-state index contributed by atoms with van der Waals surface area (Å²) >= 11 is 5.43. The summed E-state index contributed by atoms with van der Waals surface area (Å²) in [5, 5.41) is 3.53. The van der Waals surface area contributed by atoms with Crippen LogP contribution in [0.15, 0.2) is 97.5 Å². The Labute approximate surface area is 516 Å². The Morgan fingerprint density at radius 1 is 0.402 bits per heavy atom. The van der Waals surface area contributed by atoms with Crippen molar-refractivity contribution in [2.75, 3.05) is 35.2 Å². The van der Waals surface area contributed by atoms with Crippen molar-refractivity contribution in [3.05, 3.63) is 72.6 Å². The first-order valence-corrected chi connectivity index (χ1v) is 31.2. The molecule has 0 atom stereocenters. The van der Waals surface area contributed by atoms with Crippen molar-refractivity contribution < 1.29 is 14.2 Å². The molecular weight excluding hydrogens is 1080 g/mol. The number of rotatable bonds is 0. The van der Waals surface area contributed by atoms with E-state index in [-0.39, 0.29) is 70.5 Å². The van der Waals surface area contributed by atoms with Gasteiger partial charge in [-0.25, -0.2) is 9.98 Å². The van der Waals surface area contributed by atoms with E-state index in [9.17, 15) is 0 Å². The molecule has 0 aliphatic carbocycles. The molecule has 3 saturated heterocycles. The van der Waals surface area contributed by atoms with Crippen molar-refractivity contribution in [1.82, 2.24) is 24.5 Å². The summed E-state index contributed by atoms with van der Waals surface area (Å²) in [5.74, 6) is 5.17. The number of thioether (sulfide) groups is 3. The number of amidine groups is 1. The fourth-order valence-corrected chi connectivity index (χ4v) is 12.5. The summed E-state index contributed by atoms with van der Waals surface area (Å²) in [4.78, 5) is 33.9. The molecule has 8 aliphatic heterocycles. The number of ether oxygens (including phenoxy) is 3. The van der Waals surface area contributed by atoms with E-state index in [0.29, 0.717) is 5.90 Å². The highest BCUT2D eigenvalue weighted by Crippen LogP contribution is 2.51. The molecule has 0 unspecified atom stereocenters. The van der Waals surface area contributed by atoms with Gasteiger partial charge in [-0.1, -0.05) is 44.7 Å². The summed E-state index contributed by atoms with van der Waals surface area (Å²) in [6.07, 6.45) is 0. The molecule has 8 rings (SSSR count). The SMILES string of the molecule is C=C1N(C)C(C)(C)C(C)(C)N1C.C=C1N(C)C(C)=NC1(C)C.C=C1OC(C)(C)C(C)(C)N1C.C=C1OC(C)=NC1(C)C.C=C1SC(C)(C)C(C)(C)N1C.C=C1SC(C)=NC1(C)C.CC1=NC(C)(C)C(C)(C)O1.CC1=NC(C)(C)C(C)(C)S1. The number of nitrogens with zero attached hydrogens (tertiary/aromatic N) is 10. The van der Waals surface area contributed by atoms with Crippen molar-refractivity contribution >= 4 is 63.0 Å². The Bertz CT molecular complexity index is 2430. The van der Waals surface area contributed by atoms with Crippen molar-refractivity contribution in [3.63, 3.8) is 0 Å². The summed E-state index contributed by atoms with van der Waals surface area (Å²) in [5.41, 5.74) is 1.08. The predicted molar refractivity (Wildman–Crippen MR) is 368 cm³/mol. The van der Waals surface area contributed by atoms with Crippen LogP contribution in [0.25, 0.3) is 0 Å². The third kappa shape index (κ3) is 16.8. The fourth-order valence-electron chi connectivity index (χ4n) is 8.90. The average molecular weight is 1200 g/mol. The van der Waals surface area contributed by atoms with Crippen LogP contribution in [0.1, 0.15) is 215 Å². The first-order valence-electron chi connectivity index (χ1n) is 28.8. The molecule has 0 aromatic carbocycles. The second kappa shape index (κ2) is 25.3. The van der Waals surface area contributed by atoms with Gasteiger partial charge in [-0.15, -0.1) is 23.5 Å². The molecule has 470 valence electrons. The highest BCUT2D eigenvalue weighted by atomic mass is 32.2. The highest BCUT2D eigenvalue weighted by Gasteiger charge is 2.52. The summed E-state index contributed by atoms with van der Waals surface area (Å²) in [7, 11) is 10.3. The second-order valence-electron chi connectivity index (χ2n) is 29.2. The molecule has 0 aromatic rings. The number of hydrogen-bond acceptors (Lipinski definition) is 16. The van der Waals surface area contributed by atoms with Gasteiger partial charge in [0, 0.05) is 74.7 Å². The summed E-state index contributed by atoms with van der Waals surface area (Å²) in [6, 6.07) is 0. The molecule has 0 bridgehead atoms. The van der Waals surface area contributed by atoms with E-state index in [1.807, 2.05) is 84.1 Å². The Hall–Kier alpha value is -3.76. The van der Waals surface area contributed by atoms with Crippen molar-refractivity contribution in [3.8, 4) is 0 Å². The van der Waals surface area contributed by atoms with E-state index in [4.69, 9.17) is 14.2 Å². The first-order chi connectivity index (χ1) is 36.0. The minimum atomic E-state index is -0.204. The van der Waals surface area contributed by atoms with Gasteiger partial charge in [0.25, 0.3) is 0 Å². The van der Waals surface area contributed by atoms with E-state index >= 15 is 0 Å². The van der Waals surface area contributed by atoms with E-state index in [1.165, 1.54) is 10.1 Å². The molecule has 3 fully saturated rings. The maximum atomic E-state index is 5.61. The van der Waals surface area contributed by atoms with Gasteiger partial charge in [0.15, 0.2) is 17.7 Å². The predicted octanol–water partition coefficient (Wildman–Crippen LogP) is 17.1. The van der Waals surface area contributed by atoms with Gasteiger partial charge in [0.2, 0.25) is 0 Å². The van der Waals surface area contributed by atoms with Crippen LogP contribution < -0.4 is 0 Å². The minimum Gasteiger partial charge on any atom is -0.473 e. The fraction of sp³-hybridized carbons (Fsp3) is 0.742. The Morgan fingerprint density at radius 2 is 0.866 bits per heavy atom. The monoisotopic (exact) mass is 1200 g/mol. The average Bonchev–Trinajstić information content (AvgIpc) is 3.96. The molecular formula is C66H120N10O3S3. The number of aliphatic imine (C=N–C) groups is 5. The lowest BCUT2D eigenvalue weighted by Gasteiger charge is -2.40. The lowest BCUT2D eigenvalue weighted by Crippen LogP contribution is -2.52. The molecule has 0 aromatic heterocycles. The third-order valence-corrected chi connectivity index (χ3v) is 23.6. The molecule has 0 N–H and O–H groups in total. The lowest BCUT2D eigenvalue weighted by atomic mass is 9.83. The molecule has 13 nitrogen and oxygen atoms in total. The molecule has 0 radical (unpaired) electrons. The highest BCUT2D eigenvalue weighted by molar-refractivity contribution is 8.17.